The van der Waals surface area contributed by atoms with Gasteiger partial charge < -0.3 is 10.1 Å². The van der Waals surface area contributed by atoms with Crippen LogP contribution in [0.4, 0.5) is 5.69 Å². The van der Waals surface area contributed by atoms with E-state index in [0.29, 0.717) is 5.56 Å². The van der Waals surface area contributed by atoms with Crippen molar-refractivity contribution in [3.63, 3.8) is 0 Å². The first-order valence-corrected chi connectivity index (χ1v) is 8.11. The molecule has 24 heavy (non-hydrogen) atoms. The molecule has 0 atom stereocenters. The van der Waals surface area contributed by atoms with Crippen molar-refractivity contribution in [2.75, 3.05) is 12.4 Å². The normalized spacial score (nSPS) is 10.2. The van der Waals surface area contributed by atoms with E-state index in [4.69, 9.17) is 4.74 Å². The van der Waals surface area contributed by atoms with Gasteiger partial charge in [-0.25, -0.2) is 0 Å². The molecular formula is C19H15BrN2O2. The van der Waals surface area contributed by atoms with E-state index < -0.39 is 0 Å². The van der Waals surface area contributed by atoms with Crippen LogP contribution >= 0.6 is 15.9 Å². The SMILES string of the molecule is COc1ccc(-c2cncc(C(=O)Nc3cccc(Br)c3)c2)cc1. The molecule has 1 amide bonds. The summed E-state index contributed by atoms with van der Waals surface area (Å²) in [6.07, 6.45) is 3.29. The highest BCUT2D eigenvalue weighted by atomic mass is 79.9. The van der Waals surface area contributed by atoms with Crippen molar-refractivity contribution in [3.05, 3.63) is 77.0 Å². The molecule has 2 aromatic carbocycles. The third-order valence-corrected chi connectivity index (χ3v) is 4.00. The van der Waals surface area contributed by atoms with Crippen LogP contribution in [0.25, 0.3) is 11.1 Å². The smallest absolute Gasteiger partial charge is 0.257 e. The first-order valence-electron chi connectivity index (χ1n) is 7.32. The lowest BCUT2D eigenvalue weighted by Crippen LogP contribution is -2.12. The number of rotatable bonds is 4. The van der Waals surface area contributed by atoms with E-state index in [0.717, 1.165) is 27.0 Å². The zero-order chi connectivity index (χ0) is 16.9. The average molecular weight is 383 g/mol. The first-order chi connectivity index (χ1) is 11.7. The van der Waals surface area contributed by atoms with Crippen molar-refractivity contribution in [1.29, 1.82) is 0 Å². The number of carbonyl (C=O) groups is 1. The number of benzene rings is 2. The third kappa shape index (κ3) is 3.81. The molecule has 0 radical (unpaired) electrons. The predicted molar refractivity (Wildman–Crippen MR) is 98.3 cm³/mol. The Kier molecular flexibility index (Phi) is 4.91. The second-order valence-corrected chi connectivity index (χ2v) is 6.07. The number of amides is 1. The minimum absolute atomic E-state index is 0.198. The third-order valence-electron chi connectivity index (χ3n) is 3.51. The number of carbonyl (C=O) groups excluding carboxylic acids is 1. The van der Waals surface area contributed by atoms with Crippen LogP contribution in [-0.2, 0) is 0 Å². The molecule has 0 aliphatic heterocycles. The lowest BCUT2D eigenvalue weighted by atomic mass is 10.1. The molecule has 0 fully saturated rings. The summed E-state index contributed by atoms with van der Waals surface area (Å²) < 4.78 is 6.07. The molecule has 0 bridgehead atoms. The Labute approximate surface area is 148 Å². The number of hydrogen-bond donors (Lipinski definition) is 1. The van der Waals surface area contributed by atoms with Gasteiger partial charge in [-0.05, 0) is 42.0 Å². The molecule has 3 rings (SSSR count). The number of pyridine rings is 1. The number of ether oxygens (including phenoxy) is 1. The summed E-state index contributed by atoms with van der Waals surface area (Å²) in [5, 5.41) is 2.87. The van der Waals surface area contributed by atoms with Crippen LogP contribution in [0.2, 0.25) is 0 Å². The Morgan fingerprint density at radius 2 is 1.83 bits per heavy atom. The number of nitrogens with one attached hydrogen (secondary N) is 1. The van der Waals surface area contributed by atoms with Gasteiger partial charge >= 0.3 is 0 Å². The van der Waals surface area contributed by atoms with E-state index >= 15 is 0 Å². The molecule has 1 aromatic heterocycles. The Morgan fingerprint density at radius 3 is 2.54 bits per heavy atom. The molecular weight excluding hydrogens is 368 g/mol. The Hall–Kier alpha value is -2.66. The minimum atomic E-state index is -0.198. The summed E-state index contributed by atoms with van der Waals surface area (Å²) >= 11 is 3.39. The fourth-order valence-electron chi connectivity index (χ4n) is 2.27. The Morgan fingerprint density at radius 1 is 1.04 bits per heavy atom. The quantitative estimate of drug-likeness (QED) is 0.706. The highest BCUT2D eigenvalue weighted by Gasteiger charge is 2.09. The highest BCUT2D eigenvalue weighted by molar-refractivity contribution is 9.10. The van der Waals surface area contributed by atoms with Crippen LogP contribution in [0, 0.1) is 0 Å². The number of halogens is 1. The van der Waals surface area contributed by atoms with E-state index in [1.807, 2.05) is 54.6 Å². The van der Waals surface area contributed by atoms with Gasteiger partial charge in [-0.15, -0.1) is 0 Å². The van der Waals surface area contributed by atoms with E-state index in [1.165, 1.54) is 0 Å². The van der Waals surface area contributed by atoms with Crippen LogP contribution in [0.15, 0.2) is 71.5 Å². The lowest BCUT2D eigenvalue weighted by molar-refractivity contribution is 0.102. The monoisotopic (exact) mass is 382 g/mol. The van der Waals surface area contributed by atoms with E-state index in [2.05, 4.69) is 26.2 Å². The van der Waals surface area contributed by atoms with Crippen molar-refractivity contribution in [2.45, 2.75) is 0 Å². The highest BCUT2D eigenvalue weighted by Crippen LogP contribution is 2.23. The number of anilines is 1. The molecule has 3 aromatic rings. The van der Waals surface area contributed by atoms with Crippen LogP contribution in [0.5, 0.6) is 5.75 Å². The van der Waals surface area contributed by atoms with Gasteiger partial charge in [0.05, 0.1) is 12.7 Å². The second kappa shape index (κ2) is 7.27. The number of hydrogen-bond acceptors (Lipinski definition) is 3. The summed E-state index contributed by atoms with van der Waals surface area (Å²) in [6, 6.07) is 16.9. The molecule has 1 N–H and O–H groups in total. The molecule has 120 valence electrons. The van der Waals surface area contributed by atoms with Gasteiger partial charge in [0.25, 0.3) is 5.91 Å². The largest absolute Gasteiger partial charge is 0.497 e. The van der Waals surface area contributed by atoms with E-state index in [9.17, 15) is 4.79 Å². The standard InChI is InChI=1S/C19H15BrN2O2/c1-24-18-7-5-13(6-8-18)14-9-15(12-21-11-14)19(23)22-17-4-2-3-16(20)10-17/h2-12H,1H3,(H,22,23). The molecule has 4 nitrogen and oxygen atoms in total. The van der Waals surface area contributed by atoms with Gasteiger partial charge in [-0.3, -0.25) is 9.78 Å². The van der Waals surface area contributed by atoms with Gasteiger partial charge in [0, 0.05) is 28.1 Å². The Bertz CT molecular complexity index is 863. The fraction of sp³-hybridized carbons (Fsp3) is 0.0526. The van der Waals surface area contributed by atoms with Crippen LogP contribution in [-0.4, -0.2) is 18.0 Å². The van der Waals surface area contributed by atoms with Crippen molar-refractivity contribution in [3.8, 4) is 16.9 Å². The van der Waals surface area contributed by atoms with Crippen LogP contribution < -0.4 is 10.1 Å². The fourth-order valence-corrected chi connectivity index (χ4v) is 2.67. The van der Waals surface area contributed by atoms with Crippen molar-refractivity contribution in [1.82, 2.24) is 4.98 Å². The maximum absolute atomic E-state index is 12.4. The number of nitrogens with zero attached hydrogens (tertiary/aromatic N) is 1. The van der Waals surface area contributed by atoms with Crippen LogP contribution in [0.1, 0.15) is 10.4 Å². The van der Waals surface area contributed by atoms with Gasteiger partial charge in [0.15, 0.2) is 0 Å². The number of aromatic nitrogens is 1. The lowest BCUT2D eigenvalue weighted by Gasteiger charge is -2.08. The molecule has 0 spiro atoms. The zero-order valence-corrected chi connectivity index (χ0v) is 14.6. The summed E-state index contributed by atoms with van der Waals surface area (Å²) in [5.74, 6) is 0.589. The Balaban J connectivity index is 1.82. The van der Waals surface area contributed by atoms with Crippen molar-refractivity contribution >= 4 is 27.5 Å². The predicted octanol–water partition coefficient (Wildman–Crippen LogP) is 4.77. The van der Waals surface area contributed by atoms with Crippen molar-refractivity contribution < 1.29 is 9.53 Å². The molecule has 1 heterocycles. The maximum Gasteiger partial charge on any atom is 0.257 e. The van der Waals surface area contributed by atoms with Crippen LogP contribution in [0.3, 0.4) is 0 Å². The van der Waals surface area contributed by atoms with Gasteiger partial charge in [0.2, 0.25) is 0 Å². The maximum atomic E-state index is 12.4. The van der Waals surface area contributed by atoms with E-state index in [-0.39, 0.29) is 5.91 Å². The number of methoxy groups -OCH3 is 1. The van der Waals surface area contributed by atoms with Crippen molar-refractivity contribution in [2.24, 2.45) is 0 Å². The molecule has 0 aliphatic carbocycles. The molecule has 0 saturated heterocycles. The van der Waals surface area contributed by atoms with Gasteiger partial charge in [-0.1, -0.05) is 34.1 Å². The second-order valence-electron chi connectivity index (χ2n) is 5.16. The molecule has 0 saturated carbocycles. The summed E-state index contributed by atoms with van der Waals surface area (Å²) in [6.45, 7) is 0. The molecule has 5 heteroatoms. The van der Waals surface area contributed by atoms with Gasteiger partial charge in [-0.2, -0.15) is 0 Å². The van der Waals surface area contributed by atoms with E-state index in [1.54, 1.807) is 19.5 Å². The minimum Gasteiger partial charge on any atom is -0.497 e. The zero-order valence-electron chi connectivity index (χ0n) is 13.0. The summed E-state index contributed by atoms with van der Waals surface area (Å²) in [5.41, 5.74) is 3.08. The first kappa shape index (κ1) is 16.2. The summed E-state index contributed by atoms with van der Waals surface area (Å²) in [4.78, 5) is 16.6. The average Bonchev–Trinajstić information content (AvgIpc) is 2.62. The topological polar surface area (TPSA) is 51.2 Å². The molecule has 0 aliphatic rings. The van der Waals surface area contributed by atoms with Gasteiger partial charge in [0.1, 0.15) is 5.75 Å². The molecule has 0 unspecified atom stereocenters. The summed E-state index contributed by atoms with van der Waals surface area (Å²) in [7, 11) is 1.63.